The second kappa shape index (κ2) is 8.45. The maximum atomic E-state index is 12.5. The Morgan fingerprint density at radius 3 is 2.32 bits per heavy atom. The van der Waals surface area contributed by atoms with E-state index in [2.05, 4.69) is 17.5 Å². The van der Waals surface area contributed by atoms with E-state index in [1.165, 1.54) is 28.6 Å². The van der Waals surface area contributed by atoms with Crippen molar-refractivity contribution in [2.24, 2.45) is 17.8 Å². The number of anilines is 1. The summed E-state index contributed by atoms with van der Waals surface area (Å²) in [5.74, 6) is -0.227. The minimum absolute atomic E-state index is 0.146. The number of nitrogens with one attached hydrogen (secondary N) is 1. The van der Waals surface area contributed by atoms with E-state index in [4.69, 9.17) is 4.74 Å². The average Bonchev–Trinajstić information content (AvgIpc) is 3.31. The Morgan fingerprint density at radius 2 is 1.79 bits per heavy atom. The third kappa shape index (κ3) is 4.28. The Balaban J connectivity index is 1.52. The van der Waals surface area contributed by atoms with Crippen LogP contribution >= 0.6 is 0 Å². The van der Waals surface area contributed by atoms with Crippen LogP contribution in [0, 0.1) is 17.8 Å². The molecule has 0 aromatic heterocycles. The maximum Gasteiger partial charge on any atom is 0.310 e. The summed E-state index contributed by atoms with van der Waals surface area (Å²) in [5.41, 5.74) is 0.447. The van der Waals surface area contributed by atoms with E-state index < -0.39 is 15.9 Å². The van der Waals surface area contributed by atoms with Crippen LogP contribution in [0.3, 0.4) is 0 Å². The molecule has 1 N–H and O–H groups in total. The summed E-state index contributed by atoms with van der Waals surface area (Å²) in [4.78, 5) is 24.4. The highest BCUT2D eigenvalue weighted by atomic mass is 32.2. The first-order valence-corrected chi connectivity index (χ1v) is 11.0. The second-order valence-corrected chi connectivity index (χ2v) is 9.09. The molecule has 3 unspecified atom stereocenters. The summed E-state index contributed by atoms with van der Waals surface area (Å²) in [5, 5.41) is 2.62. The summed E-state index contributed by atoms with van der Waals surface area (Å²) >= 11 is 0. The number of amides is 1. The van der Waals surface area contributed by atoms with Crippen molar-refractivity contribution in [3.8, 4) is 0 Å². The van der Waals surface area contributed by atoms with Crippen molar-refractivity contribution in [1.29, 1.82) is 0 Å². The van der Waals surface area contributed by atoms with Gasteiger partial charge in [-0.25, -0.2) is 8.42 Å². The molecule has 2 aliphatic rings. The molecule has 3 rings (SSSR count). The molecule has 8 heteroatoms. The van der Waals surface area contributed by atoms with E-state index in [-0.39, 0.29) is 29.3 Å². The molecular formula is C20H26N2O5S. The Hall–Kier alpha value is -2.19. The number of hydrogen-bond acceptors (Lipinski definition) is 5. The van der Waals surface area contributed by atoms with E-state index in [1.54, 1.807) is 13.8 Å². The summed E-state index contributed by atoms with van der Waals surface area (Å²) in [6.07, 6.45) is 6.00. The van der Waals surface area contributed by atoms with Crippen LogP contribution in [0.25, 0.3) is 0 Å². The molecule has 1 amide bonds. The smallest absolute Gasteiger partial charge is 0.310 e. The van der Waals surface area contributed by atoms with Gasteiger partial charge in [-0.2, -0.15) is 4.31 Å². The molecule has 7 nitrogen and oxygen atoms in total. The number of esters is 1. The lowest BCUT2D eigenvalue weighted by molar-refractivity contribution is -0.152. The van der Waals surface area contributed by atoms with E-state index >= 15 is 0 Å². The summed E-state index contributed by atoms with van der Waals surface area (Å²) in [6.45, 7) is 3.99. The van der Waals surface area contributed by atoms with Gasteiger partial charge in [-0.3, -0.25) is 9.59 Å². The van der Waals surface area contributed by atoms with E-state index in [9.17, 15) is 18.0 Å². The lowest BCUT2D eigenvalue weighted by Crippen LogP contribution is -2.30. The van der Waals surface area contributed by atoms with Gasteiger partial charge in [-0.05, 0) is 48.9 Å². The number of fused-ring (bicyclic) bond motifs is 2. The number of carbonyl (C=O) groups is 2. The number of carbonyl (C=O) groups excluding carboxylic acids is 2. The number of sulfonamides is 1. The van der Waals surface area contributed by atoms with Crippen LogP contribution in [0.5, 0.6) is 0 Å². The Bertz CT molecular complexity index is 859. The van der Waals surface area contributed by atoms with E-state index in [0.29, 0.717) is 24.7 Å². The van der Waals surface area contributed by atoms with E-state index in [0.717, 1.165) is 12.8 Å². The first-order chi connectivity index (χ1) is 13.3. The molecular weight excluding hydrogens is 380 g/mol. The number of hydrogen-bond donors (Lipinski definition) is 1. The molecule has 1 fully saturated rings. The van der Waals surface area contributed by atoms with Crippen LogP contribution in [-0.2, 0) is 24.3 Å². The number of allylic oxidation sites excluding steroid dienone is 2. The minimum Gasteiger partial charge on any atom is -0.455 e. The molecule has 0 spiro atoms. The van der Waals surface area contributed by atoms with Gasteiger partial charge < -0.3 is 10.1 Å². The van der Waals surface area contributed by atoms with Gasteiger partial charge in [-0.15, -0.1) is 0 Å². The Kier molecular flexibility index (Phi) is 6.20. The molecule has 0 saturated heterocycles. The molecule has 3 atom stereocenters. The van der Waals surface area contributed by atoms with Gasteiger partial charge in [0.2, 0.25) is 10.0 Å². The van der Waals surface area contributed by atoms with Crippen LogP contribution < -0.4 is 5.32 Å². The number of nitrogens with zero attached hydrogens (tertiary/aromatic N) is 1. The Labute approximate surface area is 165 Å². The zero-order valence-corrected chi connectivity index (χ0v) is 16.9. The molecule has 1 saturated carbocycles. The van der Waals surface area contributed by atoms with Crippen LogP contribution in [0.15, 0.2) is 41.3 Å². The van der Waals surface area contributed by atoms with Gasteiger partial charge in [0.05, 0.1) is 10.8 Å². The van der Waals surface area contributed by atoms with Crippen LogP contribution in [-0.4, -0.2) is 44.3 Å². The molecule has 28 heavy (non-hydrogen) atoms. The Morgan fingerprint density at radius 1 is 1.11 bits per heavy atom. The van der Waals surface area contributed by atoms with Crippen LogP contribution in [0.1, 0.15) is 26.7 Å². The van der Waals surface area contributed by atoms with Gasteiger partial charge >= 0.3 is 5.97 Å². The first kappa shape index (κ1) is 20.5. The fraction of sp³-hybridized carbons (Fsp3) is 0.500. The fourth-order valence-corrected chi connectivity index (χ4v) is 5.37. The molecule has 2 aliphatic carbocycles. The zero-order valence-electron chi connectivity index (χ0n) is 16.1. The molecule has 1 aromatic carbocycles. The zero-order chi connectivity index (χ0) is 20.3. The monoisotopic (exact) mass is 406 g/mol. The van der Waals surface area contributed by atoms with Crippen LogP contribution in [0.2, 0.25) is 0 Å². The summed E-state index contributed by atoms with van der Waals surface area (Å²) in [7, 11) is -3.54. The first-order valence-electron chi connectivity index (χ1n) is 9.60. The molecule has 0 aliphatic heterocycles. The predicted molar refractivity (Wildman–Crippen MR) is 105 cm³/mol. The van der Waals surface area contributed by atoms with Crippen molar-refractivity contribution in [1.82, 2.24) is 4.31 Å². The van der Waals surface area contributed by atoms with Gasteiger partial charge in [0.1, 0.15) is 0 Å². The lowest BCUT2D eigenvalue weighted by atomic mass is 9.94. The lowest BCUT2D eigenvalue weighted by Gasteiger charge is -2.18. The third-order valence-corrected chi connectivity index (χ3v) is 7.47. The van der Waals surface area contributed by atoms with Crippen molar-refractivity contribution < 1.29 is 22.7 Å². The summed E-state index contributed by atoms with van der Waals surface area (Å²) < 4.78 is 31.5. The van der Waals surface area contributed by atoms with Crippen molar-refractivity contribution in [3.05, 3.63) is 36.4 Å². The fourth-order valence-electron chi connectivity index (χ4n) is 3.92. The topological polar surface area (TPSA) is 92.8 Å². The standard InChI is InChI=1S/C20H26N2O5S/c1-3-22(4-2)28(25,26)17-9-7-16(8-10-17)21-19(23)13-27-20(24)18-12-14-5-6-15(18)11-14/h5-10,14-15,18H,3-4,11-13H2,1-2H3,(H,21,23). The third-order valence-electron chi connectivity index (χ3n) is 5.41. The largest absolute Gasteiger partial charge is 0.455 e. The highest BCUT2D eigenvalue weighted by Crippen LogP contribution is 2.43. The molecule has 0 heterocycles. The maximum absolute atomic E-state index is 12.5. The van der Waals surface area contributed by atoms with E-state index in [1.807, 2.05) is 0 Å². The normalized spacial score (nSPS) is 23.2. The van der Waals surface area contributed by atoms with Gasteiger partial charge in [0.15, 0.2) is 6.61 Å². The molecule has 1 aromatic rings. The van der Waals surface area contributed by atoms with Crippen molar-refractivity contribution >= 4 is 27.6 Å². The highest BCUT2D eigenvalue weighted by Gasteiger charge is 2.40. The number of ether oxygens (including phenoxy) is 1. The van der Waals surface area contributed by atoms with Crippen molar-refractivity contribution in [2.45, 2.75) is 31.6 Å². The molecule has 2 bridgehead atoms. The predicted octanol–water partition coefficient (Wildman–Crippen LogP) is 2.41. The van der Waals surface area contributed by atoms with Gasteiger partial charge in [0.25, 0.3) is 5.91 Å². The van der Waals surface area contributed by atoms with Gasteiger partial charge in [0, 0.05) is 18.8 Å². The quantitative estimate of drug-likeness (QED) is 0.529. The van der Waals surface area contributed by atoms with Crippen molar-refractivity contribution in [2.75, 3.05) is 25.0 Å². The van der Waals surface area contributed by atoms with Crippen LogP contribution in [0.4, 0.5) is 5.69 Å². The number of rotatable bonds is 8. The molecule has 0 radical (unpaired) electrons. The second-order valence-electron chi connectivity index (χ2n) is 7.16. The van der Waals surface area contributed by atoms with Gasteiger partial charge in [-0.1, -0.05) is 26.0 Å². The minimum atomic E-state index is -3.54. The SMILES string of the molecule is CCN(CC)S(=O)(=O)c1ccc(NC(=O)COC(=O)C2CC3C=CC2C3)cc1. The molecule has 152 valence electrons. The average molecular weight is 407 g/mol. The highest BCUT2D eigenvalue weighted by molar-refractivity contribution is 7.89. The number of benzene rings is 1. The van der Waals surface area contributed by atoms with Crippen molar-refractivity contribution in [3.63, 3.8) is 0 Å². The summed E-state index contributed by atoms with van der Waals surface area (Å²) in [6, 6.07) is 5.96.